The monoisotopic (exact) mass is 370 g/mol. The highest BCUT2D eigenvalue weighted by Gasteiger charge is 2.11. The van der Waals surface area contributed by atoms with Crippen LogP contribution >= 0.6 is 0 Å². The second-order valence-electron chi connectivity index (χ2n) is 6.34. The van der Waals surface area contributed by atoms with Crippen molar-refractivity contribution in [3.8, 4) is 17.2 Å². The van der Waals surface area contributed by atoms with Gasteiger partial charge in [0.05, 0.1) is 0 Å². The van der Waals surface area contributed by atoms with E-state index in [1.807, 2.05) is 32.9 Å². The largest absolute Gasteiger partial charge is 0.508 e. The molecule has 0 aliphatic heterocycles. The highest BCUT2D eigenvalue weighted by atomic mass is 16.6. The van der Waals surface area contributed by atoms with Crippen LogP contribution in [-0.2, 0) is 14.3 Å². The van der Waals surface area contributed by atoms with Crippen molar-refractivity contribution in [2.24, 2.45) is 0 Å². The number of carbonyl (C=O) groups excluding carboxylic acids is 2. The molecule has 2 aromatic rings. The molecule has 0 fully saturated rings. The fourth-order valence-electron chi connectivity index (χ4n) is 2.25. The maximum atomic E-state index is 11.9. The third-order valence-electron chi connectivity index (χ3n) is 3.85. The molecule has 0 aliphatic carbocycles. The maximum absolute atomic E-state index is 11.9. The van der Waals surface area contributed by atoms with Crippen LogP contribution in [0, 0.1) is 6.92 Å². The lowest BCUT2D eigenvalue weighted by molar-refractivity contribution is -0.150. The summed E-state index contributed by atoms with van der Waals surface area (Å²) in [6.45, 7) is 5.37. The van der Waals surface area contributed by atoms with Crippen molar-refractivity contribution >= 4 is 18.0 Å². The number of phenolic OH excluding ortho intramolecular Hbond substituents is 2. The first kappa shape index (κ1) is 20.0. The van der Waals surface area contributed by atoms with E-state index in [0.29, 0.717) is 17.2 Å². The van der Waals surface area contributed by atoms with Crippen molar-refractivity contribution in [3.05, 3.63) is 59.2 Å². The molecular formula is C21H22O6. The first-order chi connectivity index (χ1) is 12.8. The molecule has 0 aliphatic rings. The normalized spacial score (nSPS) is 11.0. The smallest absolute Gasteiger partial charge is 0.349 e. The molecule has 0 atom stereocenters. The van der Waals surface area contributed by atoms with Gasteiger partial charge in [0.15, 0.2) is 6.61 Å². The summed E-state index contributed by atoms with van der Waals surface area (Å²) < 4.78 is 10.1. The molecule has 6 heteroatoms. The van der Waals surface area contributed by atoms with E-state index < -0.39 is 18.5 Å². The number of benzene rings is 2. The summed E-state index contributed by atoms with van der Waals surface area (Å²) in [6.07, 6.45) is 2.39. The van der Waals surface area contributed by atoms with Gasteiger partial charge in [-0.3, -0.25) is 0 Å². The zero-order valence-electron chi connectivity index (χ0n) is 15.4. The minimum absolute atomic E-state index is 0.0909. The molecule has 0 saturated heterocycles. The molecule has 6 nitrogen and oxygen atoms in total. The predicted molar refractivity (Wildman–Crippen MR) is 101 cm³/mol. The number of carbonyl (C=O) groups is 2. The van der Waals surface area contributed by atoms with Gasteiger partial charge in [-0.2, -0.15) is 0 Å². The van der Waals surface area contributed by atoms with Crippen LogP contribution in [0.15, 0.2) is 42.5 Å². The van der Waals surface area contributed by atoms with Gasteiger partial charge in [0.1, 0.15) is 17.2 Å². The molecule has 2 N–H and O–H groups in total. The molecule has 0 amide bonds. The summed E-state index contributed by atoms with van der Waals surface area (Å²) in [4.78, 5) is 23.6. The Morgan fingerprint density at radius 2 is 1.85 bits per heavy atom. The minimum atomic E-state index is -0.757. The second kappa shape index (κ2) is 8.89. The number of ether oxygens (including phenoxy) is 2. The summed E-state index contributed by atoms with van der Waals surface area (Å²) in [6, 6.07) is 9.60. The third-order valence-corrected chi connectivity index (χ3v) is 3.85. The lowest BCUT2D eigenvalue weighted by Gasteiger charge is -2.11. The summed E-state index contributed by atoms with van der Waals surface area (Å²) >= 11 is 0. The third kappa shape index (κ3) is 5.88. The number of esters is 2. The van der Waals surface area contributed by atoms with E-state index in [0.717, 1.165) is 23.3 Å². The summed E-state index contributed by atoms with van der Waals surface area (Å²) in [5, 5.41) is 18.9. The van der Waals surface area contributed by atoms with E-state index in [1.165, 1.54) is 18.2 Å². The Bertz CT molecular complexity index is 867. The minimum Gasteiger partial charge on any atom is -0.508 e. The Morgan fingerprint density at radius 1 is 1.11 bits per heavy atom. The van der Waals surface area contributed by atoms with E-state index in [2.05, 4.69) is 0 Å². The van der Waals surface area contributed by atoms with Crippen molar-refractivity contribution in [1.82, 2.24) is 0 Å². The van der Waals surface area contributed by atoms with Crippen LogP contribution in [0.4, 0.5) is 0 Å². The van der Waals surface area contributed by atoms with Gasteiger partial charge in [0, 0.05) is 17.7 Å². The Hall–Kier alpha value is -3.28. The fourth-order valence-corrected chi connectivity index (χ4v) is 2.25. The number of rotatable bonds is 6. The summed E-state index contributed by atoms with van der Waals surface area (Å²) in [5.41, 5.74) is 2.17. The first-order valence-corrected chi connectivity index (χ1v) is 8.44. The Kier molecular flexibility index (Phi) is 6.60. The van der Waals surface area contributed by atoms with Gasteiger partial charge >= 0.3 is 11.9 Å². The second-order valence-corrected chi connectivity index (χ2v) is 6.34. The molecule has 0 saturated carbocycles. The van der Waals surface area contributed by atoms with Gasteiger partial charge in [0.2, 0.25) is 0 Å². The van der Waals surface area contributed by atoms with Gasteiger partial charge in [-0.1, -0.05) is 26.0 Å². The van der Waals surface area contributed by atoms with Gasteiger partial charge < -0.3 is 19.7 Å². The standard InChI is InChI=1S/C21H22O6/c1-13(2)16-5-4-14(3)19(10-16)27-21(25)12-26-20(24)9-7-15-6-8-17(22)11-18(15)23/h4-11,13,22-23H,12H2,1-3H3/b9-7+. The van der Waals surface area contributed by atoms with Gasteiger partial charge in [-0.25, -0.2) is 9.59 Å². The number of hydrogen-bond acceptors (Lipinski definition) is 6. The van der Waals surface area contributed by atoms with E-state index in [-0.39, 0.29) is 11.5 Å². The summed E-state index contributed by atoms with van der Waals surface area (Å²) in [7, 11) is 0. The van der Waals surface area contributed by atoms with Crippen molar-refractivity contribution in [2.45, 2.75) is 26.7 Å². The molecule has 0 aromatic heterocycles. The van der Waals surface area contributed by atoms with Crippen molar-refractivity contribution in [3.63, 3.8) is 0 Å². The number of phenols is 2. The topological polar surface area (TPSA) is 93.1 Å². The number of aryl methyl sites for hydroxylation is 1. The Balaban J connectivity index is 1.90. The Morgan fingerprint density at radius 3 is 2.52 bits per heavy atom. The van der Waals surface area contributed by atoms with E-state index in [1.54, 1.807) is 6.07 Å². The lowest BCUT2D eigenvalue weighted by atomic mass is 10.0. The molecule has 0 spiro atoms. The zero-order valence-corrected chi connectivity index (χ0v) is 15.4. The van der Waals surface area contributed by atoms with Crippen LogP contribution in [0.2, 0.25) is 0 Å². The van der Waals surface area contributed by atoms with E-state index >= 15 is 0 Å². The molecule has 0 unspecified atom stereocenters. The molecule has 142 valence electrons. The average molecular weight is 370 g/mol. The van der Waals surface area contributed by atoms with Crippen LogP contribution in [0.5, 0.6) is 17.2 Å². The fraction of sp³-hybridized carbons (Fsp3) is 0.238. The molecule has 27 heavy (non-hydrogen) atoms. The SMILES string of the molecule is Cc1ccc(C(C)C)cc1OC(=O)COC(=O)/C=C/c1ccc(O)cc1O. The van der Waals surface area contributed by atoms with Crippen LogP contribution in [-0.4, -0.2) is 28.8 Å². The maximum Gasteiger partial charge on any atom is 0.349 e. The molecular weight excluding hydrogens is 348 g/mol. The van der Waals surface area contributed by atoms with Crippen LogP contribution in [0.3, 0.4) is 0 Å². The van der Waals surface area contributed by atoms with Gasteiger partial charge in [-0.05, 0) is 48.2 Å². The van der Waals surface area contributed by atoms with Crippen LogP contribution < -0.4 is 4.74 Å². The predicted octanol–water partition coefficient (Wildman–Crippen LogP) is 3.69. The quantitative estimate of drug-likeness (QED) is 0.458. The van der Waals surface area contributed by atoms with Crippen LogP contribution in [0.1, 0.15) is 36.5 Å². The first-order valence-electron chi connectivity index (χ1n) is 8.44. The molecule has 0 radical (unpaired) electrons. The van der Waals surface area contributed by atoms with Crippen molar-refractivity contribution in [2.75, 3.05) is 6.61 Å². The van der Waals surface area contributed by atoms with Crippen molar-refractivity contribution < 1.29 is 29.3 Å². The van der Waals surface area contributed by atoms with E-state index in [4.69, 9.17) is 9.47 Å². The highest BCUT2D eigenvalue weighted by Crippen LogP contribution is 2.25. The molecule has 2 rings (SSSR count). The lowest BCUT2D eigenvalue weighted by Crippen LogP contribution is -2.18. The van der Waals surface area contributed by atoms with E-state index in [9.17, 15) is 19.8 Å². The van der Waals surface area contributed by atoms with Crippen molar-refractivity contribution in [1.29, 1.82) is 0 Å². The van der Waals surface area contributed by atoms with Gasteiger partial charge in [-0.15, -0.1) is 0 Å². The van der Waals surface area contributed by atoms with Gasteiger partial charge in [0.25, 0.3) is 0 Å². The molecule has 0 heterocycles. The number of hydrogen-bond donors (Lipinski definition) is 2. The average Bonchev–Trinajstić information content (AvgIpc) is 2.61. The van der Waals surface area contributed by atoms with Crippen LogP contribution in [0.25, 0.3) is 6.08 Å². The molecule has 0 bridgehead atoms. The molecule has 2 aromatic carbocycles. The number of aromatic hydroxyl groups is 2. The summed E-state index contributed by atoms with van der Waals surface area (Å²) in [5.74, 6) is -0.986. The Labute approximate surface area is 157 Å². The zero-order chi connectivity index (χ0) is 20.0. The highest BCUT2D eigenvalue weighted by molar-refractivity contribution is 5.89.